The monoisotopic (exact) mass is 424 g/mol. The third-order valence-electron chi connectivity index (χ3n) is 6.05. The SMILES string of the molecule is O=C([C@H]1CCCN(c2ccc(Cl)c(-c3nc4ccccc4[nH]3)c2)C1)N1CCOCC1. The number of nitrogens with zero attached hydrogens (tertiary/aromatic N) is 3. The molecule has 1 aromatic heterocycles. The van der Waals surface area contributed by atoms with E-state index in [0.717, 1.165) is 54.0 Å². The van der Waals surface area contributed by atoms with Gasteiger partial charge in [0.25, 0.3) is 0 Å². The van der Waals surface area contributed by atoms with Gasteiger partial charge < -0.3 is 19.5 Å². The fraction of sp³-hybridized carbons (Fsp3) is 0.391. The molecule has 1 amide bonds. The molecule has 1 atom stereocenters. The third-order valence-corrected chi connectivity index (χ3v) is 6.38. The lowest BCUT2D eigenvalue weighted by Gasteiger charge is -2.37. The van der Waals surface area contributed by atoms with E-state index in [0.29, 0.717) is 31.3 Å². The summed E-state index contributed by atoms with van der Waals surface area (Å²) in [6.07, 6.45) is 1.94. The molecule has 6 nitrogen and oxygen atoms in total. The molecule has 3 aromatic rings. The second-order valence-corrected chi connectivity index (χ2v) is 8.40. The number of rotatable bonds is 3. The molecule has 2 saturated heterocycles. The van der Waals surface area contributed by atoms with Crippen LogP contribution in [0.5, 0.6) is 0 Å². The third kappa shape index (κ3) is 3.77. The number of carbonyl (C=O) groups is 1. The quantitative estimate of drug-likeness (QED) is 0.691. The lowest BCUT2D eigenvalue weighted by atomic mass is 9.95. The van der Waals surface area contributed by atoms with Gasteiger partial charge in [-0.15, -0.1) is 0 Å². The van der Waals surface area contributed by atoms with Crippen LogP contribution in [0.25, 0.3) is 22.4 Å². The number of imidazole rings is 1. The van der Waals surface area contributed by atoms with Crippen LogP contribution in [0.2, 0.25) is 5.02 Å². The number of benzene rings is 2. The number of halogens is 1. The molecule has 7 heteroatoms. The zero-order chi connectivity index (χ0) is 20.5. The lowest BCUT2D eigenvalue weighted by Crippen LogP contribution is -2.48. The van der Waals surface area contributed by atoms with Crippen LogP contribution in [0.1, 0.15) is 12.8 Å². The first kappa shape index (κ1) is 19.4. The van der Waals surface area contributed by atoms with Crippen molar-refractivity contribution in [3.63, 3.8) is 0 Å². The Morgan fingerprint density at radius 2 is 1.97 bits per heavy atom. The van der Waals surface area contributed by atoms with Gasteiger partial charge in [-0.25, -0.2) is 4.98 Å². The van der Waals surface area contributed by atoms with Gasteiger partial charge in [0.1, 0.15) is 5.82 Å². The van der Waals surface area contributed by atoms with Crippen LogP contribution in [0.4, 0.5) is 5.69 Å². The molecule has 2 aromatic carbocycles. The number of para-hydroxylation sites is 2. The number of amides is 1. The number of aromatic amines is 1. The van der Waals surface area contributed by atoms with Crippen molar-refractivity contribution in [2.45, 2.75) is 12.8 Å². The summed E-state index contributed by atoms with van der Waals surface area (Å²) in [5.41, 5.74) is 3.87. The van der Waals surface area contributed by atoms with Crippen LogP contribution in [0.15, 0.2) is 42.5 Å². The van der Waals surface area contributed by atoms with Crippen LogP contribution in [0, 0.1) is 5.92 Å². The number of anilines is 1. The zero-order valence-corrected chi connectivity index (χ0v) is 17.6. The lowest BCUT2D eigenvalue weighted by molar-refractivity contribution is -0.139. The van der Waals surface area contributed by atoms with Crippen LogP contribution >= 0.6 is 11.6 Å². The number of morpholine rings is 1. The predicted molar refractivity (Wildman–Crippen MR) is 119 cm³/mol. The molecule has 1 N–H and O–H groups in total. The highest BCUT2D eigenvalue weighted by Crippen LogP contribution is 2.33. The van der Waals surface area contributed by atoms with Gasteiger partial charge in [0.05, 0.1) is 35.2 Å². The Hall–Kier alpha value is -2.57. The maximum atomic E-state index is 13.0. The molecule has 0 unspecified atom stereocenters. The molecule has 0 aliphatic carbocycles. The van der Waals surface area contributed by atoms with Crippen molar-refractivity contribution in [1.29, 1.82) is 0 Å². The second kappa shape index (κ2) is 8.28. The standard InChI is InChI=1S/C23H25ClN4O2/c24-19-8-7-17(14-18(19)22-25-20-5-1-2-6-21(20)26-22)28-9-3-4-16(15-28)23(29)27-10-12-30-13-11-27/h1-2,5-8,14,16H,3-4,9-13,15H2,(H,25,26)/t16-/m0/s1. The van der Waals surface area contributed by atoms with Gasteiger partial charge in [0, 0.05) is 37.4 Å². The Morgan fingerprint density at radius 1 is 1.13 bits per heavy atom. The van der Waals surface area contributed by atoms with Gasteiger partial charge in [-0.1, -0.05) is 23.7 Å². The fourth-order valence-corrected chi connectivity index (χ4v) is 4.63. The minimum absolute atomic E-state index is 0.0298. The number of carbonyl (C=O) groups excluding carboxylic acids is 1. The molecule has 2 fully saturated rings. The Bertz CT molecular complexity index is 1030. The van der Waals surface area contributed by atoms with Crippen molar-refractivity contribution in [2.24, 2.45) is 5.92 Å². The number of hydrogen-bond acceptors (Lipinski definition) is 4. The number of nitrogens with one attached hydrogen (secondary N) is 1. The van der Waals surface area contributed by atoms with Gasteiger partial charge in [0.15, 0.2) is 0 Å². The van der Waals surface area contributed by atoms with Crippen LogP contribution < -0.4 is 4.90 Å². The highest BCUT2D eigenvalue weighted by molar-refractivity contribution is 6.33. The van der Waals surface area contributed by atoms with E-state index in [9.17, 15) is 4.79 Å². The van der Waals surface area contributed by atoms with Crippen molar-refractivity contribution in [3.05, 3.63) is 47.5 Å². The number of ether oxygens (including phenoxy) is 1. The van der Waals surface area contributed by atoms with Crippen molar-refractivity contribution in [1.82, 2.24) is 14.9 Å². The summed E-state index contributed by atoms with van der Waals surface area (Å²) in [6.45, 7) is 4.35. The Balaban J connectivity index is 1.38. The van der Waals surface area contributed by atoms with Gasteiger partial charge in [0.2, 0.25) is 5.91 Å². The molecule has 2 aliphatic rings. The average Bonchev–Trinajstić information content (AvgIpc) is 3.23. The van der Waals surface area contributed by atoms with Crippen LogP contribution in [-0.2, 0) is 9.53 Å². The second-order valence-electron chi connectivity index (χ2n) is 7.99. The summed E-state index contributed by atoms with van der Waals surface area (Å²) in [5, 5.41) is 0.663. The van der Waals surface area contributed by atoms with Crippen molar-refractivity contribution in [3.8, 4) is 11.4 Å². The van der Waals surface area contributed by atoms with Gasteiger partial charge in [-0.2, -0.15) is 0 Å². The highest BCUT2D eigenvalue weighted by atomic mass is 35.5. The molecule has 3 heterocycles. The average molecular weight is 425 g/mol. The number of hydrogen-bond donors (Lipinski definition) is 1. The largest absolute Gasteiger partial charge is 0.378 e. The normalized spacial score (nSPS) is 20.0. The van der Waals surface area contributed by atoms with E-state index in [4.69, 9.17) is 21.3 Å². The van der Waals surface area contributed by atoms with Gasteiger partial charge in [-0.3, -0.25) is 4.79 Å². The van der Waals surface area contributed by atoms with Crippen molar-refractivity contribution in [2.75, 3.05) is 44.3 Å². The maximum Gasteiger partial charge on any atom is 0.227 e. The van der Waals surface area contributed by atoms with Gasteiger partial charge in [-0.05, 0) is 43.2 Å². The summed E-state index contributed by atoms with van der Waals surface area (Å²) in [4.78, 5) is 25.3. The Morgan fingerprint density at radius 3 is 2.80 bits per heavy atom. The molecule has 0 radical (unpaired) electrons. The van der Waals surface area contributed by atoms with Crippen LogP contribution in [0.3, 0.4) is 0 Å². The molecule has 0 saturated carbocycles. The zero-order valence-electron chi connectivity index (χ0n) is 16.8. The van der Waals surface area contributed by atoms with Gasteiger partial charge >= 0.3 is 0 Å². The number of fused-ring (bicyclic) bond motifs is 1. The minimum atomic E-state index is 0.0298. The summed E-state index contributed by atoms with van der Waals surface area (Å²) < 4.78 is 5.39. The first-order valence-corrected chi connectivity index (χ1v) is 10.9. The molecule has 30 heavy (non-hydrogen) atoms. The van der Waals surface area contributed by atoms with Crippen LogP contribution in [-0.4, -0.2) is 60.2 Å². The molecule has 0 spiro atoms. The molecule has 0 bridgehead atoms. The Kier molecular flexibility index (Phi) is 5.35. The summed E-state index contributed by atoms with van der Waals surface area (Å²) in [6, 6.07) is 14.0. The summed E-state index contributed by atoms with van der Waals surface area (Å²) in [5.74, 6) is 1.05. The Labute approximate surface area is 180 Å². The molecular weight excluding hydrogens is 400 g/mol. The van der Waals surface area contributed by atoms with Crippen molar-refractivity contribution >= 4 is 34.2 Å². The molecule has 156 valence electrons. The first-order valence-electron chi connectivity index (χ1n) is 10.6. The topological polar surface area (TPSA) is 61.5 Å². The fourth-order valence-electron chi connectivity index (χ4n) is 4.43. The number of piperidine rings is 1. The van der Waals surface area contributed by atoms with E-state index in [1.807, 2.05) is 41.3 Å². The number of H-pyrrole nitrogens is 1. The van der Waals surface area contributed by atoms with E-state index >= 15 is 0 Å². The van der Waals surface area contributed by atoms with E-state index in [-0.39, 0.29) is 11.8 Å². The highest BCUT2D eigenvalue weighted by Gasteiger charge is 2.30. The molecule has 5 rings (SSSR count). The maximum absolute atomic E-state index is 13.0. The van der Waals surface area contributed by atoms with E-state index in [2.05, 4.69) is 16.0 Å². The molecule has 2 aliphatic heterocycles. The van der Waals surface area contributed by atoms with E-state index in [1.165, 1.54) is 0 Å². The van der Waals surface area contributed by atoms with E-state index < -0.39 is 0 Å². The smallest absolute Gasteiger partial charge is 0.227 e. The summed E-state index contributed by atoms with van der Waals surface area (Å²) in [7, 11) is 0. The number of aromatic nitrogens is 2. The summed E-state index contributed by atoms with van der Waals surface area (Å²) >= 11 is 6.53. The van der Waals surface area contributed by atoms with E-state index in [1.54, 1.807) is 0 Å². The molecular formula is C23H25ClN4O2. The van der Waals surface area contributed by atoms with Crippen molar-refractivity contribution < 1.29 is 9.53 Å². The first-order chi connectivity index (χ1) is 14.7. The minimum Gasteiger partial charge on any atom is -0.378 e. The predicted octanol–water partition coefficient (Wildman–Crippen LogP) is 3.96.